The number of nitrogens with two attached hydrogens (primary N) is 1. The lowest BCUT2D eigenvalue weighted by atomic mass is 10.1. The molecule has 0 aliphatic heterocycles. The molecular weight excluding hydrogens is 258 g/mol. The molecule has 1 heterocycles. The van der Waals surface area contributed by atoms with Crippen molar-refractivity contribution in [2.45, 2.75) is 40.2 Å². The summed E-state index contributed by atoms with van der Waals surface area (Å²) in [6.07, 6.45) is 0. The highest BCUT2D eigenvalue weighted by Gasteiger charge is 2.12. The van der Waals surface area contributed by atoms with E-state index in [0.717, 1.165) is 17.1 Å². The minimum absolute atomic E-state index is 0.391. The van der Waals surface area contributed by atoms with Gasteiger partial charge in [-0.25, -0.2) is 4.98 Å². The molecule has 0 saturated carbocycles. The summed E-state index contributed by atoms with van der Waals surface area (Å²) in [5, 5.41) is 0. The number of hydrogen-bond acceptors (Lipinski definition) is 3. The molecule has 0 aliphatic rings. The van der Waals surface area contributed by atoms with Crippen LogP contribution in [0.3, 0.4) is 0 Å². The van der Waals surface area contributed by atoms with Crippen molar-refractivity contribution in [3.63, 3.8) is 0 Å². The van der Waals surface area contributed by atoms with Crippen LogP contribution in [0.25, 0.3) is 0 Å². The van der Waals surface area contributed by atoms with Crippen LogP contribution in [0.2, 0.25) is 0 Å². The Bertz CT molecular complexity index is 632. The molecule has 0 radical (unpaired) electrons. The Morgan fingerprint density at radius 3 is 2.43 bits per heavy atom. The number of aryl methyl sites for hydroxylation is 2. The zero-order chi connectivity index (χ0) is 15.6. The summed E-state index contributed by atoms with van der Waals surface area (Å²) in [6, 6.07) is 10.7. The Hall–Kier alpha value is -1.87. The Kier molecular flexibility index (Phi) is 4.63. The molecule has 21 heavy (non-hydrogen) atoms. The maximum atomic E-state index is 5.83. The minimum Gasteiger partial charge on any atom is -0.329 e. The fourth-order valence-electron chi connectivity index (χ4n) is 2.48. The molecule has 3 heteroatoms. The van der Waals surface area contributed by atoms with Gasteiger partial charge in [-0.05, 0) is 49.1 Å². The van der Waals surface area contributed by atoms with Gasteiger partial charge in [-0.3, -0.25) is 0 Å². The van der Waals surface area contributed by atoms with E-state index < -0.39 is 0 Å². The van der Waals surface area contributed by atoms with Crippen LogP contribution >= 0.6 is 0 Å². The average Bonchev–Trinajstić information content (AvgIpc) is 2.46. The molecule has 112 valence electrons. The van der Waals surface area contributed by atoms with Crippen molar-refractivity contribution in [3.8, 4) is 0 Å². The monoisotopic (exact) mass is 283 g/mol. The normalized spacial score (nSPS) is 11.0. The zero-order valence-corrected chi connectivity index (χ0v) is 13.6. The molecule has 1 aromatic heterocycles. The van der Waals surface area contributed by atoms with Gasteiger partial charge in [-0.2, -0.15) is 0 Å². The fourth-order valence-corrected chi connectivity index (χ4v) is 2.48. The average molecular weight is 283 g/mol. The van der Waals surface area contributed by atoms with Gasteiger partial charge in [0, 0.05) is 25.0 Å². The van der Waals surface area contributed by atoms with Crippen LogP contribution in [0.5, 0.6) is 0 Å². The third-order valence-electron chi connectivity index (χ3n) is 3.78. The lowest BCUT2D eigenvalue weighted by Crippen LogP contribution is -2.15. The molecule has 0 atom stereocenters. The predicted molar refractivity (Wildman–Crippen MR) is 90.2 cm³/mol. The van der Waals surface area contributed by atoms with Gasteiger partial charge in [0.15, 0.2) is 0 Å². The molecule has 0 unspecified atom stereocenters. The van der Waals surface area contributed by atoms with Crippen molar-refractivity contribution in [2.75, 3.05) is 11.9 Å². The Morgan fingerprint density at radius 1 is 1.14 bits per heavy atom. The van der Waals surface area contributed by atoms with E-state index in [9.17, 15) is 0 Å². The highest BCUT2D eigenvalue weighted by Crippen LogP contribution is 2.28. The second-order valence-corrected chi connectivity index (χ2v) is 5.97. The quantitative estimate of drug-likeness (QED) is 0.920. The molecular formula is C18H25N3. The summed E-state index contributed by atoms with van der Waals surface area (Å²) in [7, 11) is 2.06. The number of anilines is 2. The van der Waals surface area contributed by atoms with E-state index >= 15 is 0 Å². The standard InChI is InChI=1S/C18H25N3/c1-12(2)16-9-15(11-19)10-18(20-16)21(5)17-7-6-13(3)8-14(17)4/h6-10,12H,11,19H2,1-5H3. The fraction of sp³-hybridized carbons (Fsp3) is 0.389. The number of aromatic nitrogens is 1. The van der Waals surface area contributed by atoms with E-state index in [1.54, 1.807) is 0 Å². The summed E-state index contributed by atoms with van der Waals surface area (Å²) < 4.78 is 0. The number of hydrogen-bond donors (Lipinski definition) is 1. The maximum Gasteiger partial charge on any atom is 0.133 e. The van der Waals surface area contributed by atoms with Gasteiger partial charge in [0.25, 0.3) is 0 Å². The topological polar surface area (TPSA) is 42.1 Å². The molecule has 0 spiro atoms. The first-order valence-electron chi connectivity index (χ1n) is 7.44. The highest BCUT2D eigenvalue weighted by atomic mass is 15.2. The molecule has 0 saturated heterocycles. The smallest absolute Gasteiger partial charge is 0.133 e. The van der Waals surface area contributed by atoms with E-state index in [2.05, 4.69) is 70.0 Å². The Balaban J connectivity index is 2.46. The van der Waals surface area contributed by atoms with Crippen LogP contribution in [0, 0.1) is 13.8 Å². The van der Waals surface area contributed by atoms with E-state index in [1.165, 1.54) is 16.8 Å². The SMILES string of the molecule is Cc1ccc(N(C)c2cc(CN)cc(C(C)C)n2)c(C)c1. The van der Waals surface area contributed by atoms with Gasteiger partial charge in [0.05, 0.1) is 0 Å². The summed E-state index contributed by atoms with van der Waals surface area (Å²) in [4.78, 5) is 6.93. The first kappa shape index (κ1) is 15.5. The number of nitrogens with zero attached hydrogens (tertiary/aromatic N) is 2. The third kappa shape index (κ3) is 3.42. The predicted octanol–water partition coefficient (Wildman–Crippen LogP) is 4.05. The molecule has 0 bridgehead atoms. The molecule has 2 rings (SSSR count). The van der Waals surface area contributed by atoms with Crippen molar-refractivity contribution in [1.29, 1.82) is 0 Å². The van der Waals surface area contributed by atoms with E-state index in [0.29, 0.717) is 12.5 Å². The molecule has 2 N–H and O–H groups in total. The zero-order valence-electron chi connectivity index (χ0n) is 13.6. The Labute approximate surface area is 127 Å². The molecule has 0 aliphatic carbocycles. The van der Waals surface area contributed by atoms with Gasteiger partial charge >= 0.3 is 0 Å². The number of benzene rings is 1. The molecule has 0 amide bonds. The summed E-state index contributed by atoms with van der Waals surface area (Å²) >= 11 is 0. The van der Waals surface area contributed by atoms with Gasteiger partial charge in [-0.15, -0.1) is 0 Å². The second-order valence-electron chi connectivity index (χ2n) is 5.97. The van der Waals surface area contributed by atoms with Crippen LogP contribution < -0.4 is 10.6 Å². The van der Waals surface area contributed by atoms with Crippen LogP contribution in [-0.4, -0.2) is 12.0 Å². The van der Waals surface area contributed by atoms with Gasteiger partial charge in [0.1, 0.15) is 5.82 Å². The Morgan fingerprint density at radius 2 is 1.86 bits per heavy atom. The van der Waals surface area contributed by atoms with Crippen molar-refractivity contribution in [3.05, 3.63) is 52.7 Å². The number of rotatable bonds is 4. The molecule has 3 nitrogen and oxygen atoms in total. The summed E-state index contributed by atoms with van der Waals surface area (Å²) in [5.41, 5.74) is 11.7. The van der Waals surface area contributed by atoms with Crippen molar-refractivity contribution < 1.29 is 0 Å². The van der Waals surface area contributed by atoms with E-state index in [4.69, 9.17) is 10.7 Å². The van der Waals surface area contributed by atoms with Crippen LogP contribution in [0.4, 0.5) is 11.5 Å². The maximum absolute atomic E-state index is 5.83. The first-order valence-corrected chi connectivity index (χ1v) is 7.44. The molecule has 0 fully saturated rings. The van der Waals surface area contributed by atoms with E-state index in [1.807, 2.05) is 0 Å². The van der Waals surface area contributed by atoms with Crippen molar-refractivity contribution in [1.82, 2.24) is 4.98 Å². The molecule has 1 aromatic carbocycles. The second kappa shape index (κ2) is 6.27. The van der Waals surface area contributed by atoms with Crippen LogP contribution in [0.15, 0.2) is 30.3 Å². The largest absolute Gasteiger partial charge is 0.329 e. The minimum atomic E-state index is 0.391. The lowest BCUT2D eigenvalue weighted by molar-refractivity contribution is 0.814. The van der Waals surface area contributed by atoms with Crippen LogP contribution in [0.1, 0.15) is 42.1 Å². The van der Waals surface area contributed by atoms with Crippen molar-refractivity contribution in [2.24, 2.45) is 5.73 Å². The lowest BCUT2D eigenvalue weighted by Gasteiger charge is -2.23. The molecule has 2 aromatic rings. The van der Waals surface area contributed by atoms with Crippen molar-refractivity contribution >= 4 is 11.5 Å². The summed E-state index contributed by atoms with van der Waals surface area (Å²) in [6.45, 7) is 9.10. The van der Waals surface area contributed by atoms with E-state index in [-0.39, 0.29) is 0 Å². The van der Waals surface area contributed by atoms with Gasteiger partial charge in [0.2, 0.25) is 0 Å². The van der Waals surface area contributed by atoms with Gasteiger partial charge in [-0.1, -0.05) is 31.5 Å². The first-order chi connectivity index (χ1) is 9.92. The van der Waals surface area contributed by atoms with Crippen LogP contribution in [-0.2, 0) is 6.54 Å². The van der Waals surface area contributed by atoms with Gasteiger partial charge < -0.3 is 10.6 Å². The summed E-state index contributed by atoms with van der Waals surface area (Å²) in [5.74, 6) is 1.34. The third-order valence-corrected chi connectivity index (χ3v) is 3.78. The highest BCUT2D eigenvalue weighted by molar-refractivity contribution is 5.64. The number of pyridine rings is 1.